The van der Waals surface area contributed by atoms with E-state index in [1.54, 1.807) is 0 Å². The lowest BCUT2D eigenvalue weighted by atomic mass is 10.2. The lowest BCUT2D eigenvalue weighted by Gasteiger charge is -2.19. The lowest BCUT2D eigenvalue weighted by molar-refractivity contribution is -0.122. The Balaban J connectivity index is 2.03. The number of ether oxygens (including phenoxy) is 1. The zero-order valence-electron chi connectivity index (χ0n) is 11.3. The number of rotatable bonds is 3. The smallest absolute Gasteiger partial charge is 0.234 e. The summed E-state index contributed by atoms with van der Waals surface area (Å²) < 4.78 is 6.73. The maximum absolute atomic E-state index is 11.8. The van der Waals surface area contributed by atoms with E-state index in [0.717, 1.165) is 28.9 Å². The van der Waals surface area contributed by atoms with Gasteiger partial charge in [-0.1, -0.05) is 15.9 Å². The Kier molecular flexibility index (Phi) is 4.82. The molecule has 0 spiro atoms. The van der Waals surface area contributed by atoms with Gasteiger partial charge in [0, 0.05) is 29.2 Å². The summed E-state index contributed by atoms with van der Waals surface area (Å²) in [7, 11) is 0. The average molecular weight is 327 g/mol. The van der Waals surface area contributed by atoms with Gasteiger partial charge in [0.1, 0.15) is 12.4 Å². The largest absolute Gasteiger partial charge is 0.492 e. The van der Waals surface area contributed by atoms with Gasteiger partial charge in [-0.3, -0.25) is 9.69 Å². The van der Waals surface area contributed by atoms with Crippen LogP contribution in [-0.2, 0) is 11.3 Å². The van der Waals surface area contributed by atoms with Crippen LogP contribution in [0.1, 0.15) is 19.4 Å². The van der Waals surface area contributed by atoms with E-state index in [1.807, 2.05) is 32.0 Å². The third-order valence-electron chi connectivity index (χ3n) is 2.90. The molecule has 0 aliphatic carbocycles. The molecule has 4 nitrogen and oxygen atoms in total. The molecule has 104 valence electrons. The number of halogens is 1. The molecule has 0 bridgehead atoms. The molecule has 1 aromatic rings. The summed E-state index contributed by atoms with van der Waals surface area (Å²) in [6, 6.07) is 6.17. The predicted molar refractivity (Wildman–Crippen MR) is 78.2 cm³/mol. The SMILES string of the molecule is CC(C)NC(=O)CN1CCOc2ccc(Br)cc2C1. The number of fused-ring (bicyclic) bond motifs is 1. The first-order chi connectivity index (χ1) is 9.04. The topological polar surface area (TPSA) is 41.6 Å². The molecule has 0 fully saturated rings. The average Bonchev–Trinajstić information content (AvgIpc) is 2.48. The van der Waals surface area contributed by atoms with Gasteiger partial charge in [-0.25, -0.2) is 0 Å². The summed E-state index contributed by atoms with van der Waals surface area (Å²) in [6.07, 6.45) is 0. The quantitative estimate of drug-likeness (QED) is 0.925. The zero-order valence-corrected chi connectivity index (χ0v) is 12.9. The molecule has 1 amide bonds. The van der Waals surface area contributed by atoms with Gasteiger partial charge < -0.3 is 10.1 Å². The molecular weight excluding hydrogens is 308 g/mol. The predicted octanol–water partition coefficient (Wildman–Crippen LogP) is 2.17. The van der Waals surface area contributed by atoms with Crippen molar-refractivity contribution in [2.24, 2.45) is 0 Å². The minimum atomic E-state index is 0.0634. The number of amides is 1. The van der Waals surface area contributed by atoms with Crippen molar-refractivity contribution >= 4 is 21.8 Å². The maximum atomic E-state index is 11.8. The number of nitrogens with zero attached hydrogens (tertiary/aromatic N) is 1. The van der Waals surface area contributed by atoms with Crippen molar-refractivity contribution in [3.8, 4) is 5.75 Å². The van der Waals surface area contributed by atoms with Crippen LogP contribution in [0.4, 0.5) is 0 Å². The Morgan fingerprint density at radius 1 is 1.53 bits per heavy atom. The van der Waals surface area contributed by atoms with Crippen LogP contribution in [0.15, 0.2) is 22.7 Å². The van der Waals surface area contributed by atoms with Crippen LogP contribution in [0.2, 0.25) is 0 Å². The summed E-state index contributed by atoms with van der Waals surface area (Å²) in [5, 5.41) is 2.92. The molecule has 1 aliphatic heterocycles. The van der Waals surface area contributed by atoms with Crippen molar-refractivity contribution in [3.63, 3.8) is 0 Å². The first kappa shape index (κ1) is 14.3. The highest BCUT2D eigenvalue weighted by molar-refractivity contribution is 9.10. The number of nitrogens with one attached hydrogen (secondary N) is 1. The Labute approximate surface area is 122 Å². The number of carbonyl (C=O) groups is 1. The van der Waals surface area contributed by atoms with E-state index < -0.39 is 0 Å². The van der Waals surface area contributed by atoms with Crippen molar-refractivity contribution in [1.29, 1.82) is 0 Å². The molecule has 1 N–H and O–H groups in total. The fraction of sp³-hybridized carbons (Fsp3) is 0.500. The summed E-state index contributed by atoms with van der Waals surface area (Å²) >= 11 is 3.47. The maximum Gasteiger partial charge on any atom is 0.234 e. The number of benzene rings is 1. The Bertz CT molecular complexity index is 463. The Morgan fingerprint density at radius 3 is 3.05 bits per heavy atom. The van der Waals surface area contributed by atoms with Crippen LogP contribution in [0.25, 0.3) is 0 Å². The van der Waals surface area contributed by atoms with E-state index >= 15 is 0 Å². The van der Waals surface area contributed by atoms with Gasteiger partial charge in [0.05, 0.1) is 6.54 Å². The molecule has 0 unspecified atom stereocenters. The van der Waals surface area contributed by atoms with Gasteiger partial charge >= 0.3 is 0 Å². The van der Waals surface area contributed by atoms with Crippen LogP contribution < -0.4 is 10.1 Å². The molecule has 0 radical (unpaired) electrons. The van der Waals surface area contributed by atoms with Crippen molar-refractivity contribution < 1.29 is 9.53 Å². The minimum absolute atomic E-state index is 0.0634. The zero-order chi connectivity index (χ0) is 13.8. The third-order valence-corrected chi connectivity index (χ3v) is 3.39. The van der Waals surface area contributed by atoms with E-state index in [2.05, 4.69) is 26.1 Å². The van der Waals surface area contributed by atoms with Crippen molar-refractivity contribution in [3.05, 3.63) is 28.2 Å². The first-order valence-electron chi connectivity index (χ1n) is 6.47. The van der Waals surface area contributed by atoms with E-state index in [-0.39, 0.29) is 11.9 Å². The van der Waals surface area contributed by atoms with Crippen LogP contribution in [0.3, 0.4) is 0 Å². The van der Waals surface area contributed by atoms with E-state index in [1.165, 1.54) is 0 Å². The molecule has 19 heavy (non-hydrogen) atoms. The molecule has 0 aromatic heterocycles. The second-order valence-electron chi connectivity index (χ2n) is 5.03. The normalized spacial score (nSPS) is 15.6. The molecule has 1 aromatic carbocycles. The van der Waals surface area contributed by atoms with Gasteiger partial charge in [0.2, 0.25) is 5.91 Å². The minimum Gasteiger partial charge on any atom is -0.492 e. The highest BCUT2D eigenvalue weighted by atomic mass is 79.9. The van der Waals surface area contributed by atoms with Crippen molar-refractivity contribution in [2.45, 2.75) is 26.4 Å². The van der Waals surface area contributed by atoms with Gasteiger partial charge in [0.25, 0.3) is 0 Å². The van der Waals surface area contributed by atoms with Crippen LogP contribution in [0, 0.1) is 0 Å². The Morgan fingerprint density at radius 2 is 2.32 bits per heavy atom. The summed E-state index contributed by atoms with van der Waals surface area (Å²) in [5.74, 6) is 0.975. The highest BCUT2D eigenvalue weighted by Gasteiger charge is 2.18. The molecule has 0 saturated carbocycles. The van der Waals surface area contributed by atoms with Gasteiger partial charge in [-0.15, -0.1) is 0 Å². The number of hydrogen-bond donors (Lipinski definition) is 1. The van der Waals surface area contributed by atoms with E-state index in [9.17, 15) is 4.79 Å². The van der Waals surface area contributed by atoms with Crippen molar-refractivity contribution in [1.82, 2.24) is 10.2 Å². The number of hydrogen-bond acceptors (Lipinski definition) is 3. The third kappa shape index (κ3) is 4.21. The molecule has 1 aliphatic rings. The number of carbonyl (C=O) groups excluding carboxylic acids is 1. The van der Waals surface area contributed by atoms with Gasteiger partial charge in [0.15, 0.2) is 0 Å². The lowest BCUT2D eigenvalue weighted by Crippen LogP contribution is -2.40. The highest BCUT2D eigenvalue weighted by Crippen LogP contribution is 2.26. The molecule has 0 atom stereocenters. The summed E-state index contributed by atoms with van der Waals surface area (Å²) in [6.45, 7) is 6.46. The van der Waals surface area contributed by atoms with Crippen LogP contribution in [0.5, 0.6) is 5.75 Å². The first-order valence-corrected chi connectivity index (χ1v) is 7.27. The molecule has 0 saturated heterocycles. The molecule has 2 rings (SSSR count). The summed E-state index contributed by atoms with van der Waals surface area (Å²) in [4.78, 5) is 13.9. The molecule has 1 heterocycles. The van der Waals surface area contributed by atoms with Crippen LogP contribution >= 0.6 is 15.9 Å². The van der Waals surface area contributed by atoms with Gasteiger partial charge in [-0.2, -0.15) is 0 Å². The van der Waals surface area contributed by atoms with E-state index in [0.29, 0.717) is 13.2 Å². The summed E-state index contributed by atoms with van der Waals surface area (Å²) in [5.41, 5.74) is 1.12. The second kappa shape index (κ2) is 6.39. The Hall–Kier alpha value is -1.07. The second-order valence-corrected chi connectivity index (χ2v) is 5.95. The van der Waals surface area contributed by atoms with Crippen LogP contribution in [-0.4, -0.2) is 36.5 Å². The molecular formula is C14H19BrN2O2. The standard InChI is InChI=1S/C14H19BrN2O2/c1-10(2)16-14(18)9-17-5-6-19-13-4-3-12(15)7-11(13)8-17/h3-4,7,10H,5-6,8-9H2,1-2H3,(H,16,18). The van der Waals surface area contributed by atoms with E-state index in [4.69, 9.17) is 4.74 Å². The monoisotopic (exact) mass is 326 g/mol. The molecule has 5 heteroatoms. The van der Waals surface area contributed by atoms with Gasteiger partial charge in [-0.05, 0) is 32.0 Å². The fourth-order valence-electron chi connectivity index (χ4n) is 2.12. The fourth-order valence-corrected chi connectivity index (χ4v) is 2.53. The van der Waals surface area contributed by atoms with Crippen molar-refractivity contribution in [2.75, 3.05) is 19.7 Å².